The molecule has 0 fully saturated rings. The minimum atomic E-state index is -0.544. The first-order valence-electron chi connectivity index (χ1n) is 6.40. The number of guanidine groups is 1. The Labute approximate surface area is 136 Å². The zero-order valence-electron chi connectivity index (χ0n) is 12.0. The number of rotatable bonds is 5. The Hall–Kier alpha value is -0.920. The summed E-state index contributed by atoms with van der Waals surface area (Å²) in [5, 5.41) is 6.27. The molecule has 1 aromatic rings. The molecule has 114 valence electrons. The molecule has 0 radical (unpaired) electrons. The van der Waals surface area contributed by atoms with Gasteiger partial charge in [0.05, 0.1) is 0 Å². The van der Waals surface area contributed by atoms with E-state index < -0.39 is 11.6 Å². The van der Waals surface area contributed by atoms with Crippen LogP contribution < -0.4 is 10.6 Å². The summed E-state index contributed by atoms with van der Waals surface area (Å²) in [6.45, 7) is 5.61. The summed E-state index contributed by atoms with van der Waals surface area (Å²) in [6, 6.07) is 3.56. The van der Waals surface area contributed by atoms with Gasteiger partial charge in [-0.3, -0.25) is 4.99 Å². The smallest absolute Gasteiger partial charge is 0.190 e. The van der Waals surface area contributed by atoms with Gasteiger partial charge in [0.25, 0.3) is 0 Å². The van der Waals surface area contributed by atoms with E-state index in [-0.39, 0.29) is 24.0 Å². The van der Waals surface area contributed by atoms with Crippen molar-refractivity contribution in [2.24, 2.45) is 10.9 Å². The lowest BCUT2D eigenvalue weighted by atomic mass is 10.1. The van der Waals surface area contributed by atoms with E-state index in [1.165, 1.54) is 12.1 Å². The molecule has 0 saturated carbocycles. The lowest BCUT2D eigenvalue weighted by molar-refractivity contribution is 0.579. The van der Waals surface area contributed by atoms with Crippen molar-refractivity contribution in [2.45, 2.75) is 20.3 Å². The van der Waals surface area contributed by atoms with Crippen LogP contribution >= 0.6 is 24.0 Å². The molecule has 6 heteroatoms. The zero-order chi connectivity index (χ0) is 14.3. The first kappa shape index (κ1) is 19.1. The second-order valence-electron chi connectivity index (χ2n) is 4.80. The van der Waals surface area contributed by atoms with Crippen LogP contribution in [0.4, 0.5) is 8.78 Å². The Morgan fingerprint density at radius 3 is 2.25 bits per heavy atom. The predicted octanol–water partition coefficient (Wildman–Crippen LogP) is 2.95. The maximum absolute atomic E-state index is 13.0. The third kappa shape index (κ3) is 7.62. The number of aliphatic imine (C=N–C) groups is 1. The summed E-state index contributed by atoms with van der Waals surface area (Å²) < 4.78 is 26.0. The molecule has 0 saturated heterocycles. The molecule has 0 amide bonds. The van der Waals surface area contributed by atoms with Crippen molar-refractivity contribution in [3.8, 4) is 0 Å². The van der Waals surface area contributed by atoms with E-state index in [0.29, 0.717) is 30.4 Å². The Morgan fingerprint density at radius 2 is 1.75 bits per heavy atom. The third-order valence-electron chi connectivity index (χ3n) is 2.53. The van der Waals surface area contributed by atoms with Gasteiger partial charge in [0.2, 0.25) is 0 Å². The Morgan fingerprint density at radius 1 is 1.15 bits per heavy atom. The highest BCUT2D eigenvalue weighted by molar-refractivity contribution is 14.0. The van der Waals surface area contributed by atoms with Crippen molar-refractivity contribution >= 4 is 29.9 Å². The van der Waals surface area contributed by atoms with Crippen molar-refractivity contribution in [3.05, 3.63) is 35.4 Å². The van der Waals surface area contributed by atoms with Crippen LogP contribution in [-0.4, -0.2) is 26.1 Å². The van der Waals surface area contributed by atoms with Crippen LogP contribution in [0, 0.1) is 17.6 Å². The minimum absolute atomic E-state index is 0. The third-order valence-corrected chi connectivity index (χ3v) is 2.53. The fourth-order valence-corrected chi connectivity index (χ4v) is 1.60. The van der Waals surface area contributed by atoms with Crippen molar-refractivity contribution in [2.75, 3.05) is 20.1 Å². The summed E-state index contributed by atoms with van der Waals surface area (Å²) in [5.41, 5.74) is 0.629. The van der Waals surface area contributed by atoms with Crippen molar-refractivity contribution in [3.63, 3.8) is 0 Å². The van der Waals surface area contributed by atoms with Crippen LogP contribution in [0.15, 0.2) is 23.2 Å². The van der Waals surface area contributed by atoms with Gasteiger partial charge in [0, 0.05) is 26.2 Å². The molecule has 0 atom stereocenters. The van der Waals surface area contributed by atoms with Crippen LogP contribution in [0.2, 0.25) is 0 Å². The molecule has 0 bridgehead atoms. The molecule has 1 rings (SSSR count). The summed E-state index contributed by atoms with van der Waals surface area (Å²) in [6.07, 6.45) is 0.539. The molecule has 3 nitrogen and oxygen atoms in total. The number of hydrogen-bond acceptors (Lipinski definition) is 1. The van der Waals surface area contributed by atoms with E-state index in [4.69, 9.17) is 0 Å². The summed E-state index contributed by atoms with van der Waals surface area (Å²) >= 11 is 0. The van der Waals surface area contributed by atoms with Crippen LogP contribution in [0.5, 0.6) is 0 Å². The van der Waals surface area contributed by atoms with E-state index in [9.17, 15) is 8.78 Å². The number of hydrogen-bond donors (Lipinski definition) is 2. The maximum atomic E-state index is 13.0. The van der Waals surface area contributed by atoms with Gasteiger partial charge in [-0.15, -0.1) is 24.0 Å². The van der Waals surface area contributed by atoms with E-state index in [1.54, 1.807) is 7.05 Å². The first-order chi connectivity index (χ1) is 9.01. The first-order valence-corrected chi connectivity index (χ1v) is 6.40. The Kier molecular flexibility index (Phi) is 9.45. The predicted molar refractivity (Wildman–Crippen MR) is 89.7 cm³/mol. The quantitative estimate of drug-likeness (QED) is 0.456. The van der Waals surface area contributed by atoms with E-state index >= 15 is 0 Å². The molecule has 0 aliphatic carbocycles. The highest BCUT2D eigenvalue weighted by Gasteiger charge is 2.02. The Balaban J connectivity index is 0.00000361. The van der Waals surface area contributed by atoms with Gasteiger partial charge in [0.1, 0.15) is 11.6 Å². The lowest BCUT2D eigenvalue weighted by Gasteiger charge is -2.13. The van der Waals surface area contributed by atoms with Gasteiger partial charge in [0.15, 0.2) is 5.96 Å². The molecule has 1 aromatic carbocycles. The number of benzene rings is 1. The van der Waals surface area contributed by atoms with Gasteiger partial charge >= 0.3 is 0 Å². The van der Waals surface area contributed by atoms with Gasteiger partial charge in [-0.1, -0.05) is 13.8 Å². The molecule has 2 N–H and O–H groups in total. The maximum Gasteiger partial charge on any atom is 0.190 e. The van der Waals surface area contributed by atoms with Gasteiger partial charge in [-0.2, -0.15) is 0 Å². The average molecular weight is 397 g/mol. The number of nitrogens with one attached hydrogen (secondary N) is 2. The summed E-state index contributed by atoms with van der Waals surface area (Å²) in [7, 11) is 1.69. The van der Waals surface area contributed by atoms with Crippen LogP contribution in [-0.2, 0) is 6.42 Å². The largest absolute Gasteiger partial charge is 0.356 e. The Bertz CT molecular complexity index is 416. The number of halogens is 3. The average Bonchev–Trinajstić information content (AvgIpc) is 2.32. The standard InChI is InChI=1S/C14H21F2N3.HI/c1-10(2)9-19-14(17-3)18-5-4-11-6-12(15)8-13(16)7-11;/h6-8,10H,4-5,9H2,1-3H3,(H2,17,18,19);1H. The molecule has 20 heavy (non-hydrogen) atoms. The zero-order valence-corrected chi connectivity index (χ0v) is 14.4. The lowest BCUT2D eigenvalue weighted by Crippen LogP contribution is -2.39. The fourth-order valence-electron chi connectivity index (χ4n) is 1.60. The fraction of sp³-hybridized carbons (Fsp3) is 0.500. The van der Waals surface area contributed by atoms with Crippen LogP contribution in [0.25, 0.3) is 0 Å². The molecule has 0 aromatic heterocycles. The normalized spacial score (nSPS) is 11.2. The summed E-state index contributed by atoms with van der Waals surface area (Å²) in [5.74, 6) is 0.135. The monoisotopic (exact) mass is 397 g/mol. The molecule has 0 unspecified atom stereocenters. The van der Waals surface area contributed by atoms with Gasteiger partial charge in [-0.25, -0.2) is 8.78 Å². The van der Waals surface area contributed by atoms with Crippen molar-refractivity contribution in [1.29, 1.82) is 0 Å². The summed E-state index contributed by atoms with van der Waals surface area (Å²) in [4.78, 5) is 4.07. The molecule has 0 aliphatic heterocycles. The SMILES string of the molecule is CN=C(NCCc1cc(F)cc(F)c1)NCC(C)C.I. The van der Waals surface area contributed by atoms with Crippen LogP contribution in [0.3, 0.4) is 0 Å². The van der Waals surface area contributed by atoms with E-state index in [0.717, 1.165) is 12.6 Å². The number of nitrogens with zero attached hydrogens (tertiary/aromatic N) is 1. The highest BCUT2D eigenvalue weighted by atomic mass is 127. The molecular formula is C14H22F2IN3. The second-order valence-corrected chi connectivity index (χ2v) is 4.80. The topological polar surface area (TPSA) is 36.4 Å². The minimum Gasteiger partial charge on any atom is -0.356 e. The van der Waals surface area contributed by atoms with Gasteiger partial charge in [-0.05, 0) is 30.0 Å². The molecule has 0 heterocycles. The second kappa shape index (κ2) is 9.90. The van der Waals surface area contributed by atoms with E-state index in [2.05, 4.69) is 29.5 Å². The molecule has 0 spiro atoms. The van der Waals surface area contributed by atoms with Crippen molar-refractivity contribution < 1.29 is 8.78 Å². The highest BCUT2D eigenvalue weighted by Crippen LogP contribution is 2.07. The van der Waals surface area contributed by atoms with Crippen LogP contribution in [0.1, 0.15) is 19.4 Å². The van der Waals surface area contributed by atoms with Crippen molar-refractivity contribution in [1.82, 2.24) is 10.6 Å². The molecular weight excluding hydrogens is 375 g/mol. The van der Waals surface area contributed by atoms with E-state index in [1.807, 2.05) is 0 Å². The molecule has 0 aliphatic rings. The van der Waals surface area contributed by atoms with Gasteiger partial charge < -0.3 is 10.6 Å².